The summed E-state index contributed by atoms with van der Waals surface area (Å²) < 4.78 is 29.4. The third-order valence-electron chi connectivity index (χ3n) is 2.26. The summed E-state index contributed by atoms with van der Waals surface area (Å²) in [7, 11) is -3.66. The fourth-order valence-corrected chi connectivity index (χ4v) is 1.78. The van der Waals surface area contributed by atoms with Crippen LogP contribution in [-0.2, 0) is 10.2 Å². The zero-order valence-electron chi connectivity index (χ0n) is 10.0. The van der Waals surface area contributed by atoms with E-state index in [-0.39, 0.29) is 12.6 Å². The first kappa shape index (κ1) is 14.0. The molecule has 0 aliphatic rings. The predicted octanol–water partition coefficient (Wildman–Crippen LogP) is 0.946. The molecule has 1 aromatic carbocycles. The molecule has 0 radical (unpaired) electrons. The Bertz CT molecular complexity index is 460. The number of aryl methyl sites for hydroxylation is 1. The van der Waals surface area contributed by atoms with Crippen LogP contribution in [0, 0.1) is 6.92 Å². The van der Waals surface area contributed by atoms with Gasteiger partial charge in [0, 0.05) is 6.54 Å². The maximum absolute atomic E-state index is 10.8. The molecule has 5 nitrogen and oxygen atoms in total. The molecule has 0 amide bonds. The first-order chi connectivity index (χ1) is 7.90. The van der Waals surface area contributed by atoms with Gasteiger partial charge in [0.2, 0.25) is 0 Å². The molecule has 0 aliphatic heterocycles. The molecule has 0 spiro atoms. The van der Waals surface area contributed by atoms with Gasteiger partial charge in [0.15, 0.2) is 0 Å². The van der Waals surface area contributed by atoms with Gasteiger partial charge < -0.3 is 4.74 Å². The Labute approximate surface area is 102 Å². The second-order valence-corrected chi connectivity index (χ2v) is 5.24. The van der Waals surface area contributed by atoms with Crippen molar-refractivity contribution in [3.8, 4) is 5.75 Å². The summed E-state index contributed by atoms with van der Waals surface area (Å²) in [6.45, 7) is 4.06. The minimum Gasteiger partial charge on any atom is -0.489 e. The van der Waals surface area contributed by atoms with Crippen molar-refractivity contribution in [2.45, 2.75) is 26.4 Å². The Balaban J connectivity index is 2.58. The molecule has 0 bridgehead atoms. The van der Waals surface area contributed by atoms with Crippen molar-refractivity contribution < 1.29 is 13.2 Å². The smallest absolute Gasteiger partial charge is 0.274 e. The Morgan fingerprint density at radius 2 is 2.18 bits per heavy atom. The number of ether oxygens (including phenoxy) is 1. The Morgan fingerprint density at radius 3 is 2.71 bits per heavy atom. The fraction of sp³-hybridized carbons (Fsp3) is 0.455. The van der Waals surface area contributed by atoms with Crippen molar-refractivity contribution >= 4 is 10.2 Å². The van der Waals surface area contributed by atoms with Crippen LogP contribution in [-0.4, -0.2) is 21.1 Å². The van der Waals surface area contributed by atoms with E-state index in [1.54, 1.807) is 0 Å². The fourth-order valence-electron chi connectivity index (χ4n) is 1.36. The van der Waals surface area contributed by atoms with E-state index in [1.165, 1.54) is 0 Å². The summed E-state index contributed by atoms with van der Waals surface area (Å²) in [5.74, 6) is 0.730. The van der Waals surface area contributed by atoms with E-state index in [2.05, 4.69) is 4.72 Å². The van der Waals surface area contributed by atoms with Crippen LogP contribution in [0.2, 0.25) is 0 Å². The maximum atomic E-state index is 10.8. The lowest BCUT2D eigenvalue weighted by Crippen LogP contribution is -2.38. The molecule has 96 valence electrons. The molecule has 1 rings (SSSR count). The average molecular weight is 258 g/mol. The van der Waals surface area contributed by atoms with Crippen LogP contribution in [0.1, 0.15) is 18.9 Å². The lowest BCUT2D eigenvalue weighted by atomic mass is 10.2. The van der Waals surface area contributed by atoms with Gasteiger partial charge in [-0.25, -0.2) is 5.14 Å². The van der Waals surface area contributed by atoms with Crippen LogP contribution in [0.15, 0.2) is 24.3 Å². The van der Waals surface area contributed by atoms with E-state index < -0.39 is 10.2 Å². The summed E-state index contributed by atoms with van der Waals surface area (Å²) in [5, 5.41) is 4.86. The third kappa shape index (κ3) is 5.67. The largest absolute Gasteiger partial charge is 0.489 e. The highest BCUT2D eigenvalue weighted by Gasteiger charge is 2.11. The number of nitrogens with two attached hydrogens (primary N) is 1. The second-order valence-electron chi connectivity index (χ2n) is 3.86. The monoisotopic (exact) mass is 258 g/mol. The molecule has 0 saturated heterocycles. The number of rotatable bonds is 6. The van der Waals surface area contributed by atoms with Gasteiger partial charge in [-0.3, -0.25) is 0 Å². The average Bonchev–Trinajstić information content (AvgIpc) is 2.23. The number of benzene rings is 1. The molecule has 1 atom stereocenters. The molecule has 0 aliphatic carbocycles. The Morgan fingerprint density at radius 1 is 1.47 bits per heavy atom. The van der Waals surface area contributed by atoms with Crippen molar-refractivity contribution in [1.29, 1.82) is 0 Å². The number of nitrogens with one attached hydrogen (secondary N) is 1. The second kappa shape index (κ2) is 6.00. The van der Waals surface area contributed by atoms with E-state index in [1.807, 2.05) is 38.1 Å². The molecule has 0 heterocycles. The van der Waals surface area contributed by atoms with Crippen molar-refractivity contribution in [2.24, 2.45) is 5.14 Å². The van der Waals surface area contributed by atoms with Crippen LogP contribution in [0.3, 0.4) is 0 Å². The Hall–Kier alpha value is -1.11. The minimum absolute atomic E-state index is 0.170. The van der Waals surface area contributed by atoms with Crippen LogP contribution in [0.4, 0.5) is 0 Å². The molecule has 0 saturated carbocycles. The van der Waals surface area contributed by atoms with E-state index >= 15 is 0 Å². The van der Waals surface area contributed by atoms with E-state index in [0.717, 1.165) is 11.3 Å². The SMILES string of the molecule is CCC(CNS(N)(=O)=O)Oc1cccc(C)c1. The summed E-state index contributed by atoms with van der Waals surface area (Å²) >= 11 is 0. The lowest BCUT2D eigenvalue weighted by molar-refractivity contribution is 0.200. The highest BCUT2D eigenvalue weighted by molar-refractivity contribution is 7.87. The third-order valence-corrected chi connectivity index (χ3v) is 2.83. The topological polar surface area (TPSA) is 81.4 Å². The molecular weight excluding hydrogens is 240 g/mol. The van der Waals surface area contributed by atoms with Crippen LogP contribution in [0.5, 0.6) is 5.75 Å². The van der Waals surface area contributed by atoms with Crippen molar-refractivity contribution in [3.05, 3.63) is 29.8 Å². The molecule has 0 aromatic heterocycles. The molecule has 6 heteroatoms. The standard InChI is InChI=1S/C11H18N2O3S/c1-3-10(8-13-17(12,14)15)16-11-6-4-5-9(2)7-11/h4-7,10,13H,3,8H2,1-2H3,(H2,12,14,15). The molecule has 1 aromatic rings. The molecule has 3 N–H and O–H groups in total. The highest BCUT2D eigenvalue weighted by Crippen LogP contribution is 2.15. The van der Waals surface area contributed by atoms with Gasteiger partial charge in [-0.05, 0) is 31.0 Å². The molecule has 1 unspecified atom stereocenters. The van der Waals surface area contributed by atoms with E-state index in [0.29, 0.717) is 6.42 Å². The van der Waals surface area contributed by atoms with Gasteiger partial charge in [-0.15, -0.1) is 0 Å². The summed E-state index contributed by atoms with van der Waals surface area (Å²) in [6.07, 6.45) is 0.464. The zero-order valence-corrected chi connectivity index (χ0v) is 10.8. The Kier molecular flexibility index (Phi) is 4.92. The van der Waals surface area contributed by atoms with Gasteiger partial charge in [0.1, 0.15) is 11.9 Å². The van der Waals surface area contributed by atoms with Crippen LogP contribution < -0.4 is 14.6 Å². The van der Waals surface area contributed by atoms with Crippen LogP contribution >= 0.6 is 0 Å². The van der Waals surface area contributed by atoms with Crippen molar-refractivity contribution in [1.82, 2.24) is 4.72 Å². The normalized spacial score (nSPS) is 13.4. The first-order valence-electron chi connectivity index (χ1n) is 5.41. The zero-order chi connectivity index (χ0) is 12.9. The van der Waals surface area contributed by atoms with Gasteiger partial charge >= 0.3 is 0 Å². The van der Waals surface area contributed by atoms with Gasteiger partial charge in [0.25, 0.3) is 10.2 Å². The number of hydrogen-bond acceptors (Lipinski definition) is 3. The maximum Gasteiger partial charge on any atom is 0.274 e. The summed E-state index contributed by atoms with van der Waals surface area (Å²) in [4.78, 5) is 0. The van der Waals surface area contributed by atoms with Crippen molar-refractivity contribution in [3.63, 3.8) is 0 Å². The van der Waals surface area contributed by atoms with E-state index in [4.69, 9.17) is 9.88 Å². The molecular formula is C11H18N2O3S. The van der Waals surface area contributed by atoms with Crippen LogP contribution in [0.25, 0.3) is 0 Å². The van der Waals surface area contributed by atoms with Gasteiger partial charge in [-0.1, -0.05) is 19.1 Å². The lowest BCUT2D eigenvalue weighted by Gasteiger charge is -2.17. The van der Waals surface area contributed by atoms with E-state index in [9.17, 15) is 8.42 Å². The quantitative estimate of drug-likeness (QED) is 0.797. The van der Waals surface area contributed by atoms with Gasteiger partial charge in [0.05, 0.1) is 0 Å². The van der Waals surface area contributed by atoms with Crippen molar-refractivity contribution in [2.75, 3.05) is 6.54 Å². The highest BCUT2D eigenvalue weighted by atomic mass is 32.2. The molecule has 0 fully saturated rings. The first-order valence-corrected chi connectivity index (χ1v) is 6.96. The minimum atomic E-state index is -3.66. The predicted molar refractivity (Wildman–Crippen MR) is 67.0 cm³/mol. The summed E-state index contributed by atoms with van der Waals surface area (Å²) in [6, 6.07) is 7.60. The summed E-state index contributed by atoms with van der Waals surface area (Å²) in [5.41, 5.74) is 1.09. The number of hydrogen-bond donors (Lipinski definition) is 2. The molecule has 17 heavy (non-hydrogen) atoms. The van der Waals surface area contributed by atoms with Gasteiger partial charge in [-0.2, -0.15) is 13.1 Å².